The van der Waals surface area contributed by atoms with Gasteiger partial charge in [0.2, 0.25) is 5.91 Å². The molecule has 1 atom stereocenters. The standard InChI is InChI=1S/C11H22N4O2/c1-8(10(16)14-11(17)13-2)15(7-3-6-12)9-4-5-9/h8-9H,3-7,12H2,1-2H3,(H2,13,14,16,17). The van der Waals surface area contributed by atoms with Crippen molar-refractivity contribution < 1.29 is 9.59 Å². The van der Waals surface area contributed by atoms with Crippen molar-refractivity contribution >= 4 is 11.9 Å². The molecule has 0 heterocycles. The molecule has 1 aliphatic carbocycles. The predicted octanol–water partition coefficient (Wildman–Crippen LogP) is -0.356. The number of urea groups is 1. The molecule has 0 radical (unpaired) electrons. The summed E-state index contributed by atoms with van der Waals surface area (Å²) in [5, 5.41) is 4.68. The Kier molecular flexibility index (Phi) is 5.37. The van der Waals surface area contributed by atoms with Crippen molar-refractivity contribution in [2.45, 2.75) is 38.3 Å². The Bertz CT molecular complexity index is 279. The van der Waals surface area contributed by atoms with Gasteiger partial charge in [0.15, 0.2) is 0 Å². The zero-order chi connectivity index (χ0) is 12.8. The summed E-state index contributed by atoms with van der Waals surface area (Å²) in [6.07, 6.45) is 3.12. The number of nitrogens with zero attached hydrogens (tertiary/aromatic N) is 1. The average molecular weight is 242 g/mol. The molecule has 3 amide bonds. The topological polar surface area (TPSA) is 87.5 Å². The Hall–Kier alpha value is -1.14. The van der Waals surface area contributed by atoms with E-state index in [2.05, 4.69) is 15.5 Å². The molecule has 0 aromatic carbocycles. The first kappa shape index (κ1) is 13.9. The largest absolute Gasteiger partial charge is 0.341 e. The van der Waals surface area contributed by atoms with Crippen LogP contribution in [0.1, 0.15) is 26.2 Å². The van der Waals surface area contributed by atoms with Crippen LogP contribution >= 0.6 is 0 Å². The van der Waals surface area contributed by atoms with Crippen LogP contribution in [0.2, 0.25) is 0 Å². The van der Waals surface area contributed by atoms with Gasteiger partial charge in [-0.2, -0.15) is 0 Å². The number of rotatable bonds is 6. The molecule has 1 rings (SSSR count). The lowest BCUT2D eigenvalue weighted by atomic mass is 10.2. The van der Waals surface area contributed by atoms with Gasteiger partial charge in [-0.05, 0) is 32.7 Å². The number of hydrogen-bond donors (Lipinski definition) is 3. The van der Waals surface area contributed by atoms with Crippen LogP contribution in [0.15, 0.2) is 0 Å². The molecule has 1 unspecified atom stereocenters. The van der Waals surface area contributed by atoms with Gasteiger partial charge in [-0.3, -0.25) is 15.0 Å². The lowest BCUT2D eigenvalue weighted by Gasteiger charge is -2.27. The molecule has 98 valence electrons. The van der Waals surface area contributed by atoms with Crippen LogP contribution in [-0.4, -0.2) is 49.1 Å². The molecule has 1 saturated carbocycles. The predicted molar refractivity (Wildman–Crippen MR) is 65.5 cm³/mol. The van der Waals surface area contributed by atoms with Crippen LogP contribution in [0.4, 0.5) is 4.79 Å². The summed E-state index contributed by atoms with van der Waals surface area (Å²) in [7, 11) is 1.49. The van der Waals surface area contributed by atoms with Gasteiger partial charge in [0.1, 0.15) is 0 Å². The normalized spacial score (nSPS) is 16.7. The van der Waals surface area contributed by atoms with E-state index in [4.69, 9.17) is 5.73 Å². The quantitative estimate of drug-likeness (QED) is 0.594. The molecule has 0 saturated heterocycles. The van der Waals surface area contributed by atoms with Gasteiger partial charge >= 0.3 is 6.03 Å². The minimum Gasteiger partial charge on any atom is -0.341 e. The van der Waals surface area contributed by atoms with E-state index in [1.54, 1.807) is 0 Å². The third-order valence-corrected chi connectivity index (χ3v) is 2.98. The maximum Gasteiger partial charge on any atom is 0.321 e. The maximum absolute atomic E-state index is 11.8. The third kappa shape index (κ3) is 4.32. The van der Waals surface area contributed by atoms with E-state index < -0.39 is 6.03 Å². The van der Waals surface area contributed by atoms with E-state index in [9.17, 15) is 9.59 Å². The number of imide groups is 1. The number of hydrogen-bond acceptors (Lipinski definition) is 4. The highest BCUT2D eigenvalue weighted by Crippen LogP contribution is 2.28. The number of carbonyl (C=O) groups is 2. The Morgan fingerprint density at radius 3 is 2.59 bits per heavy atom. The number of amides is 3. The molecule has 1 fully saturated rings. The van der Waals surface area contributed by atoms with Crippen molar-refractivity contribution in [1.29, 1.82) is 0 Å². The number of carbonyl (C=O) groups excluding carboxylic acids is 2. The second-order valence-corrected chi connectivity index (χ2v) is 4.36. The monoisotopic (exact) mass is 242 g/mol. The maximum atomic E-state index is 11.8. The fourth-order valence-corrected chi connectivity index (χ4v) is 1.80. The zero-order valence-corrected chi connectivity index (χ0v) is 10.5. The smallest absolute Gasteiger partial charge is 0.321 e. The van der Waals surface area contributed by atoms with Gasteiger partial charge in [0.25, 0.3) is 0 Å². The fraction of sp³-hybridized carbons (Fsp3) is 0.818. The second-order valence-electron chi connectivity index (χ2n) is 4.36. The highest BCUT2D eigenvalue weighted by Gasteiger charge is 2.34. The minimum atomic E-state index is -0.462. The van der Waals surface area contributed by atoms with Crippen molar-refractivity contribution in [1.82, 2.24) is 15.5 Å². The van der Waals surface area contributed by atoms with Crippen LogP contribution in [0, 0.1) is 0 Å². The van der Waals surface area contributed by atoms with Crippen LogP contribution in [0.3, 0.4) is 0 Å². The number of nitrogens with one attached hydrogen (secondary N) is 2. The Morgan fingerprint density at radius 1 is 1.47 bits per heavy atom. The summed E-state index contributed by atoms with van der Waals surface area (Å²) >= 11 is 0. The van der Waals surface area contributed by atoms with Crippen molar-refractivity contribution in [2.75, 3.05) is 20.1 Å². The molecule has 17 heavy (non-hydrogen) atoms. The summed E-state index contributed by atoms with van der Waals surface area (Å²) in [6, 6.07) is -0.269. The van der Waals surface area contributed by atoms with Crippen LogP contribution in [0.25, 0.3) is 0 Å². The van der Waals surface area contributed by atoms with E-state index in [0.29, 0.717) is 12.6 Å². The van der Waals surface area contributed by atoms with Crippen molar-refractivity contribution in [2.24, 2.45) is 5.73 Å². The van der Waals surface area contributed by atoms with E-state index in [-0.39, 0.29) is 11.9 Å². The molecule has 6 heteroatoms. The van der Waals surface area contributed by atoms with Gasteiger partial charge < -0.3 is 11.1 Å². The first-order valence-corrected chi connectivity index (χ1v) is 6.08. The average Bonchev–Trinajstić information content (AvgIpc) is 3.13. The van der Waals surface area contributed by atoms with Gasteiger partial charge in [-0.1, -0.05) is 0 Å². The summed E-state index contributed by atoms with van der Waals surface area (Å²) < 4.78 is 0. The molecular formula is C11H22N4O2. The first-order valence-electron chi connectivity index (χ1n) is 6.08. The summed E-state index contributed by atoms with van der Waals surface area (Å²) in [5.74, 6) is -0.256. The molecular weight excluding hydrogens is 220 g/mol. The molecule has 1 aliphatic rings. The van der Waals surface area contributed by atoms with E-state index in [0.717, 1.165) is 25.8 Å². The van der Waals surface area contributed by atoms with Crippen molar-refractivity contribution in [3.05, 3.63) is 0 Å². The molecule has 4 N–H and O–H groups in total. The Morgan fingerprint density at radius 2 is 2.12 bits per heavy atom. The lowest BCUT2D eigenvalue weighted by Crippen LogP contribution is -2.50. The summed E-state index contributed by atoms with van der Waals surface area (Å²) in [4.78, 5) is 25.0. The van der Waals surface area contributed by atoms with E-state index in [1.165, 1.54) is 7.05 Å². The van der Waals surface area contributed by atoms with E-state index in [1.807, 2.05) is 6.92 Å². The van der Waals surface area contributed by atoms with Crippen LogP contribution in [0.5, 0.6) is 0 Å². The molecule has 0 aromatic rings. The fourth-order valence-electron chi connectivity index (χ4n) is 1.80. The highest BCUT2D eigenvalue weighted by atomic mass is 16.2. The highest BCUT2D eigenvalue weighted by molar-refractivity contribution is 5.96. The number of nitrogens with two attached hydrogens (primary N) is 1. The minimum absolute atomic E-state index is 0.256. The van der Waals surface area contributed by atoms with E-state index >= 15 is 0 Å². The Labute approximate surface area is 102 Å². The SMILES string of the molecule is CNC(=O)NC(=O)C(C)N(CCCN)C1CC1. The van der Waals surface area contributed by atoms with Gasteiger partial charge in [-0.15, -0.1) is 0 Å². The molecule has 0 aliphatic heterocycles. The van der Waals surface area contributed by atoms with Gasteiger partial charge in [0.05, 0.1) is 6.04 Å². The molecule has 0 bridgehead atoms. The van der Waals surface area contributed by atoms with Gasteiger partial charge in [0, 0.05) is 19.6 Å². The van der Waals surface area contributed by atoms with Crippen LogP contribution in [-0.2, 0) is 4.79 Å². The summed E-state index contributed by atoms with van der Waals surface area (Å²) in [6.45, 7) is 3.25. The zero-order valence-electron chi connectivity index (χ0n) is 10.5. The van der Waals surface area contributed by atoms with Crippen molar-refractivity contribution in [3.8, 4) is 0 Å². The van der Waals surface area contributed by atoms with Crippen LogP contribution < -0.4 is 16.4 Å². The lowest BCUT2D eigenvalue weighted by molar-refractivity contribution is -0.125. The molecule has 0 aromatic heterocycles. The van der Waals surface area contributed by atoms with Crippen molar-refractivity contribution in [3.63, 3.8) is 0 Å². The second kappa shape index (κ2) is 6.56. The molecule has 0 spiro atoms. The van der Waals surface area contributed by atoms with Gasteiger partial charge in [-0.25, -0.2) is 4.79 Å². The summed E-state index contributed by atoms with van der Waals surface area (Å²) in [5.41, 5.74) is 5.48. The Balaban J connectivity index is 2.48. The molecule has 6 nitrogen and oxygen atoms in total. The first-order chi connectivity index (χ1) is 8.10. The third-order valence-electron chi connectivity index (χ3n) is 2.98.